The van der Waals surface area contributed by atoms with Crippen LogP contribution in [-0.4, -0.2) is 23.0 Å². The maximum Gasteiger partial charge on any atom is 0.322 e. The molecule has 0 radical (unpaired) electrons. The molecule has 2 saturated heterocycles. The van der Waals surface area contributed by atoms with Gasteiger partial charge in [-0.15, -0.1) is 0 Å². The van der Waals surface area contributed by atoms with Crippen LogP contribution in [0, 0.1) is 11.6 Å². The summed E-state index contributed by atoms with van der Waals surface area (Å²) in [6, 6.07) is 22.5. The monoisotopic (exact) mass is 796 g/mol. The van der Waals surface area contributed by atoms with Crippen LogP contribution in [0.1, 0.15) is 47.3 Å². The van der Waals surface area contributed by atoms with Gasteiger partial charge in [0.05, 0.1) is 0 Å². The maximum absolute atomic E-state index is 13.6. The molecule has 4 N–H and O–H groups in total. The third kappa shape index (κ3) is 5.71. The molecule has 4 amide bonds. The van der Waals surface area contributed by atoms with Gasteiger partial charge in [-0.25, -0.2) is 13.6 Å². The fourth-order valence-electron chi connectivity index (χ4n) is 6.48. The van der Waals surface area contributed by atoms with Gasteiger partial charge in [-0.2, -0.15) is 0 Å². The van der Waals surface area contributed by atoms with Gasteiger partial charge in [0, 0.05) is 32.9 Å². The SMILES string of the molecule is O=C1NC(=O)C2(CC(c3cccc(F)c3)Oc3ccc(Br)cc32)N1.O=C1NC(=S)NC12CC(c1cccc(F)c1)Oc1ccc(Br)cc12. The number of hydrogen-bond donors (Lipinski definition) is 4. The van der Waals surface area contributed by atoms with Crippen LogP contribution in [0.3, 0.4) is 0 Å². The van der Waals surface area contributed by atoms with E-state index >= 15 is 0 Å². The molecule has 4 aliphatic heterocycles. The van der Waals surface area contributed by atoms with E-state index in [4.69, 9.17) is 21.7 Å². The molecule has 4 aliphatic rings. The molecule has 0 saturated carbocycles. The number of imide groups is 1. The first-order valence-electron chi connectivity index (χ1n) is 14.7. The summed E-state index contributed by atoms with van der Waals surface area (Å²) in [5, 5.41) is 11.0. The van der Waals surface area contributed by atoms with Crippen molar-refractivity contribution >= 4 is 67.0 Å². The van der Waals surface area contributed by atoms with E-state index in [-0.39, 0.29) is 29.1 Å². The highest BCUT2D eigenvalue weighted by Gasteiger charge is 2.54. The van der Waals surface area contributed by atoms with Crippen molar-refractivity contribution in [2.45, 2.75) is 36.1 Å². The van der Waals surface area contributed by atoms with Crippen molar-refractivity contribution in [3.63, 3.8) is 0 Å². The lowest BCUT2D eigenvalue weighted by molar-refractivity contribution is -0.126. The van der Waals surface area contributed by atoms with Crippen molar-refractivity contribution in [2.75, 3.05) is 0 Å². The first-order chi connectivity index (χ1) is 23.0. The van der Waals surface area contributed by atoms with Crippen LogP contribution >= 0.6 is 44.1 Å². The molecule has 14 heteroatoms. The van der Waals surface area contributed by atoms with Crippen molar-refractivity contribution in [3.05, 3.63) is 128 Å². The van der Waals surface area contributed by atoms with E-state index in [0.717, 1.165) is 8.95 Å². The van der Waals surface area contributed by atoms with Gasteiger partial charge in [-0.05, 0) is 84.0 Å². The summed E-state index contributed by atoms with van der Waals surface area (Å²) in [5.74, 6) is -0.326. The number of rotatable bonds is 2. The number of amides is 4. The Kier molecular flexibility index (Phi) is 8.20. The van der Waals surface area contributed by atoms with E-state index in [0.29, 0.717) is 40.2 Å². The molecular formula is C34H24Br2F2N4O5S. The Bertz CT molecular complexity index is 1890. The summed E-state index contributed by atoms with van der Waals surface area (Å²) in [5.41, 5.74) is 0.318. The van der Waals surface area contributed by atoms with Crippen LogP contribution in [0.4, 0.5) is 13.6 Å². The third-order valence-electron chi connectivity index (χ3n) is 8.65. The van der Waals surface area contributed by atoms with Crippen molar-refractivity contribution in [3.8, 4) is 11.5 Å². The van der Waals surface area contributed by atoms with Crippen molar-refractivity contribution in [1.29, 1.82) is 0 Å². The Morgan fingerprint density at radius 3 is 1.56 bits per heavy atom. The quantitative estimate of drug-likeness (QED) is 0.136. The number of carbonyl (C=O) groups excluding carboxylic acids is 3. The molecule has 4 atom stereocenters. The first-order valence-corrected chi connectivity index (χ1v) is 16.7. The Morgan fingerprint density at radius 1 is 0.667 bits per heavy atom. The predicted octanol–water partition coefficient (Wildman–Crippen LogP) is 6.46. The summed E-state index contributed by atoms with van der Waals surface area (Å²) in [6.07, 6.45) is -0.532. The second kappa shape index (κ2) is 12.2. The number of ether oxygens (including phenoxy) is 2. The molecule has 0 bridgehead atoms. The fourth-order valence-corrected chi connectivity index (χ4v) is 7.47. The number of fused-ring (bicyclic) bond motifs is 4. The van der Waals surface area contributed by atoms with Crippen LogP contribution in [-0.2, 0) is 20.7 Å². The molecule has 48 heavy (non-hydrogen) atoms. The molecule has 4 unspecified atom stereocenters. The van der Waals surface area contributed by atoms with Crippen LogP contribution in [0.15, 0.2) is 93.9 Å². The van der Waals surface area contributed by atoms with E-state index in [1.807, 2.05) is 12.1 Å². The van der Waals surface area contributed by atoms with Gasteiger partial charge in [-0.3, -0.25) is 14.9 Å². The van der Waals surface area contributed by atoms with Gasteiger partial charge in [0.1, 0.15) is 35.3 Å². The van der Waals surface area contributed by atoms with Gasteiger partial charge in [0.25, 0.3) is 11.8 Å². The molecule has 8 rings (SSSR count). The zero-order valence-electron chi connectivity index (χ0n) is 24.6. The minimum absolute atomic E-state index is 0.178. The summed E-state index contributed by atoms with van der Waals surface area (Å²) in [6.45, 7) is 0. The molecule has 244 valence electrons. The Labute approximate surface area is 295 Å². The zero-order valence-corrected chi connectivity index (χ0v) is 28.6. The van der Waals surface area contributed by atoms with E-state index < -0.39 is 35.2 Å². The van der Waals surface area contributed by atoms with Crippen LogP contribution in [0.5, 0.6) is 11.5 Å². The molecule has 4 heterocycles. The summed E-state index contributed by atoms with van der Waals surface area (Å²) < 4.78 is 40.8. The second-order valence-corrected chi connectivity index (χ2v) is 13.9. The fraction of sp³-hybridized carbons (Fsp3) is 0.176. The maximum atomic E-state index is 13.6. The van der Waals surface area contributed by atoms with E-state index in [9.17, 15) is 23.2 Å². The molecular weight excluding hydrogens is 774 g/mol. The Hall–Kier alpha value is -4.40. The standard InChI is InChI=1S/C17H12BrFN2O3.C17H12BrFN2O2S/c18-10-4-5-13-12(7-10)17(15(22)20-16(23)21-17)8-14(24-13)9-2-1-3-11(19)6-9;18-10-4-5-13-12(7-10)17(15(22)20-16(24)21-17)8-14(23-13)9-2-1-3-11(19)6-9/h1-7,14H,8H2,(H2,20,21,22,23);1-7,14H,8H2,(H2,20,21,22,24). The zero-order chi connectivity index (χ0) is 33.8. The van der Waals surface area contributed by atoms with Crippen LogP contribution in [0.25, 0.3) is 0 Å². The van der Waals surface area contributed by atoms with E-state index in [1.165, 1.54) is 24.3 Å². The third-order valence-corrected chi connectivity index (χ3v) is 9.84. The molecule has 4 aromatic carbocycles. The minimum Gasteiger partial charge on any atom is -0.485 e. The molecule has 9 nitrogen and oxygen atoms in total. The number of urea groups is 1. The van der Waals surface area contributed by atoms with E-state index in [1.54, 1.807) is 48.5 Å². The average Bonchev–Trinajstić information content (AvgIpc) is 3.49. The number of halogens is 4. The van der Waals surface area contributed by atoms with E-state index in [2.05, 4.69) is 53.1 Å². The normalized spacial score (nSPS) is 25.0. The number of nitrogens with one attached hydrogen (secondary N) is 4. The van der Waals surface area contributed by atoms with Crippen LogP contribution < -0.4 is 30.7 Å². The number of thiocarbonyl (C=S) groups is 1. The molecule has 0 aliphatic carbocycles. The van der Waals surface area contributed by atoms with Crippen molar-refractivity contribution < 1.29 is 32.6 Å². The molecule has 2 fully saturated rings. The Balaban J connectivity index is 0.000000152. The number of benzene rings is 4. The lowest BCUT2D eigenvalue weighted by Gasteiger charge is -2.38. The average molecular weight is 798 g/mol. The number of carbonyl (C=O) groups is 3. The molecule has 0 aromatic heterocycles. The highest BCUT2D eigenvalue weighted by atomic mass is 79.9. The largest absolute Gasteiger partial charge is 0.485 e. The Morgan fingerprint density at radius 2 is 1.15 bits per heavy atom. The predicted molar refractivity (Wildman–Crippen MR) is 181 cm³/mol. The smallest absolute Gasteiger partial charge is 0.322 e. The van der Waals surface area contributed by atoms with Gasteiger partial charge < -0.3 is 25.4 Å². The summed E-state index contributed by atoms with van der Waals surface area (Å²) in [4.78, 5) is 37.0. The summed E-state index contributed by atoms with van der Waals surface area (Å²) >= 11 is 11.9. The van der Waals surface area contributed by atoms with Gasteiger partial charge in [0.15, 0.2) is 16.2 Å². The lowest BCUT2D eigenvalue weighted by atomic mass is 9.80. The minimum atomic E-state index is -1.23. The molecule has 2 spiro atoms. The van der Waals surface area contributed by atoms with Crippen LogP contribution in [0.2, 0.25) is 0 Å². The second-order valence-electron chi connectivity index (χ2n) is 11.6. The highest BCUT2D eigenvalue weighted by Crippen LogP contribution is 2.48. The lowest BCUT2D eigenvalue weighted by Crippen LogP contribution is -2.48. The molecule has 4 aromatic rings. The van der Waals surface area contributed by atoms with Gasteiger partial charge >= 0.3 is 6.03 Å². The van der Waals surface area contributed by atoms with Crippen molar-refractivity contribution in [1.82, 2.24) is 21.3 Å². The van der Waals surface area contributed by atoms with Crippen molar-refractivity contribution in [2.24, 2.45) is 0 Å². The van der Waals surface area contributed by atoms with Gasteiger partial charge in [0.2, 0.25) is 0 Å². The highest BCUT2D eigenvalue weighted by molar-refractivity contribution is 9.10. The topological polar surface area (TPSA) is 118 Å². The van der Waals surface area contributed by atoms with Gasteiger partial charge in [-0.1, -0.05) is 56.1 Å². The summed E-state index contributed by atoms with van der Waals surface area (Å²) in [7, 11) is 0. The first kappa shape index (κ1) is 32.2. The number of hydrogen-bond acceptors (Lipinski definition) is 6.